The fourth-order valence-electron chi connectivity index (χ4n) is 2.92. The highest BCUT2D eigenvalue weighted by molar-refractivity contribution is 7.85. The van der Waals surface area contributed by atoms with Crippen molar-refractivity contribution in [2.45, 2.75) is 12.6 Å². The van der Waals surface area contributed by atoms with Gasteiger partial charge >= 0.3 is 11.9 Å². The van der Waals surface area contributed by atoms with Gasteiger partial charge in [-0.05, 0) is 5.56 Å². The molecule has 0 heterocycles. The first-order valence-corrected chi connectivity index (χ1v) is 9.16. The number of esters is 1. The summed E-state index contributed by atoms with van der Waals surface area (Å²) < 4.78 is 35.0. The van der Waals surface area contributed by atoms with Gasteiger partial charge in [0.05, 0.1) is 11.1 Å². The van der Waals surface area contributed by atoms with Crippen molar-refractivity contribution >= 4 is 64.4 Å². The van der Waals surface area contributed by atoms with Gasteiger partial charge in [-0.25, -0.2) is 9.59 Å². The number of carbonyl (C=O) groups excluding carboxylic acids is 1. The number of ether oxygens (including phenoxy) is 1. The number of rotatable bonds is 7. The van der Waals surface area contributed by atoms with Gasteiger partial charge in [-0.15, -0.1) is 0 Å². The fraction of sp³-hybridized carbons (Fsp3) is 0.333. The number of aromatic carboxylic acids is 1. The quantitative estimate of drug-likeness (QED) is 0.288. The van der Waals surface area contributed by atoms with E-state index in [0.717, 1.165) is 11.0 Å². The lowest BCUT2D eigenvalue weighted by Gasteiger charge is -2.21. The van der Waals surface area contributed by atoms with Crippen molar-refractivity contribution in [2.24, 2.45) is 0 Å². The highest BCUT2D eigenvalue weighted by Gasteiger charge is 2.27. The van der Waals surface area contributed by atoms with Crippen LogP contribution in [0.4, 0.5) is 0 Å². The van der Waals surface area contributed by atoms with Crippen molar-refractivity contribution in [1.29, 1.82) is 0 Å². The first-order chi connectivity index (χ1) is 11.0. The molecular formula is C12H18B4O7S. The Hall–Kier alpha value is -1.67. The molecule has 24 heavy (non-hydrogen) atoms. The van der Waals surface area contributed by atoms with E-state index in [1.165, 1.54) is 0 Å². The molecule has 0 saturated carbocycles. The molecule has 0 atom stereocenters. The summed E-state index contributed by atoms with van der Waals surface area (Å²) >= 11 is 0. The predicted octanol–water partition coefficient (Wildman–Crippen LogP) is -4.79. The van der Waals surface area contributed by atoms with Gasteiger partial charge in [0.1, 0.15) is 43.7 Å². The van der Waals surface area contributed by atoms with E-state index in [-0.39, 0.29) is 11.1 Å². The Morgan fingerprint density at radius 2 is 1.54 bits per heavy atom. The van der Waals surface area contributed by atoms with E-state index in [1.807, 2.05) is 15.7 Å². The summed E-state index contributed by atoms with van der Waals surface area (Å²) in [6.07, 6.45) is 1.06. The van der Waals surface area contributed by atoms with Crippen LogP contribution in [-0.4, -0.2) is 73.8 Å². The van der Waals surface area contributed by atoms with E-state index in [9.17, 15) is 23.1 Å². The molecule has 1 aromatic carbocycles. The second-order valence-corrected chi connectivity index (χ2v) is 6.96. The minimum absolute atomic E-state index is 0.0486. The van der Waals surface area contributed by atoms with Crippen molar-refractivity contribution in [1.82, 2.24) is 0 Å². The molecule has 0 saturated heterocycles. The Labute approximate surface area is 144 Å². The summed E-state index contributed by atoms with van der Waals surface area (Å²) in [6.45, 7) is -0.548. The Bertz CT molecular complexity index is 776. The molecule has 0 radical (unpaired) electrons. The summed E-state index contributed by atoms with van der Waals surface area (Å²) in [7, 11) is 2.91. The van der Waals surface area contributed by atoms with Gasteiger partial charge in [-0.3, -0.25) is 4.55 Å². The second-order valence-electron chi connectivity index (χ2n) is 5.39. The third-order valence-electron chi connectivity index (χ3n) is 3.98. The van der Waals surface area contributed by atoms with Crippen LogP contribution in [0.2, 0.25) is 0 Å². The summed E-state index contributed by atoms with van der Waals surface area (Å²) in [6, 6.07) is 0. The minimum atomic E-state index is -4.26. The zero-order valence-electron chi connectivity index (χ0n) is 14.2. The number of hydrogen-bond donors (Lipinski definition) is 2. The standard InChI is InChI=1S/C12H18B4O7S/c13-3-5-7(12(19)23-1-2-24(20,21)22)8(11(17)18)10(16)6(4-14)9(5)15/h1-4,13-16H2,(H,17,18)(H,20,21,22). The first-order valence-electron chi connectivity index (χ1n) is 7.55. The molecule has 7 nitrogen and oxygen atoms in total. The molecule has 0 aromatic heterocycles. The molecule has 0 aliphatic heterocycles. The average Bonchev–Trinajstić information content (AvgIpc) is 2.45. The van der Waals surface area contributed by atoms with Crippen LogP contribution in [0.3, 0.4) is 0 Å². The number of hydrogen-bond acceptors (Lipinski definition) is 5. The predicted molar refractivity (Wildman–Crippen MR) is 101 cm³/mol. The van der Waals surface area contributed by atoms with Crippen LogP contribution < -0.4 is 10.9 Å². The Morgan fingerprint density at radius 3 is 1.96 bits per heavy atom. The van der Waals surface area contributed by atoms with Crippen LogP contribution in [0.1, 0.15) is 31.8 Å². The Morgan fingerprint density at radius 1 is 1.00 bits per heavy atom. The maximum Gasteiger partial charge on any atom is 0.339 e. The number of carboxylic acid groups (broad SMARTS) is 1. The molecule has 0 fully saturated rings. The summed E-state index contributed by atoms with van der Waals surface area (Å²) in [5.74, 6) is -2.88. The van der Waals surface area contributed by atoms with Crippen LogP contribution in [0, 0.1) is 0 Å². The third kappa shape index (κ3) is 4.45. The van der Waals surface area contributed by atoms with Gasteiger partial charge < -0.3 is 9.84 Å². The van der Waals surface area contributed by atoms with Crippen molar-refractivity contribution in [3.05, 3.63) is 22.3 Å². The smallest absolute Gasteiger partial charge is 0.339 e. The lowest BCUT2D eigenvalue weighted by atomic mass is 9.68. The van der Waals surface area contributed by atoms with E-state index in [0.29, 0.717) is 23.7 Å². The molecule has 0 unspecified atom stereocenters. The van der Waals surface area contributed by atoms with Crippen molar-refractivity contribution in [2.75, 3.05) is 12.4 Å². The van der Waals surface area contributed by atoms with Crippen LogP contribution in [0.25, 0.3) is 0 Å². The minimum Gasteiger partial charge on any atom is -0.478 e. The largest absolute Gasteiger partial charge is 0.478 e. The van der Waals surface area contributed by atoms with E-state index in [1.54, 1.807) is 15.7 Å². The van der Waals surface area contributed by atoms with E-state index < -0.39 is 34.4 Å². The molecule has 0 bridgehead atoms. The Balaban J connectivity index is 3.44. The normalized spacial score (nSPS) is 11.2. The van der Waals surface area contributed by atoms with Crippen LogP contribution in [0.15, 0.2) is 0 Å². The molecule has 126 valence electrons. The molecule has 1 aromatic rings. The molecule has 0 amide bonds. The highest BCUT2D eigenvalue weighted by Crippen LogP contribution is 2.16. The first kappa shape index (κ1) is 20.4. The van der Waals surface area contributed by atoms with Gasteiger partial charge in [0.25, 0.3) is 10.1 Å². The van der Waals surface area contributed by atoms with E-state index in [4.69, 9.17) is 9.29 Å². The fourth-order valence-corrected chi connectivity index (χ4v) is 3.21. The number of carbonyl (C=O) groups is 2. The summed E-state index contributed by atoms with van der Waals surface area (Å²) in [5.41, 5.74) is 2.62. The molecule has 1 rings (SSSR count). The van der Waals surface area contributed by atoms with E-state index >= 15 is 0 Å². The van der Waals surface area contributed by atoms with Gasteiger partial charge in [0.15, 0.2) is 0 Å². The highest BCUT2D eigenvalue weighted by atomic mass is 32.2. The number of benzene rings is 1. The molecule has 0 aliphatic carbocycles. The Kier molecular flexibility index (Phi) is 6.74. The van der Waals surface area contributed by atoms with Crippen LogP contribution in [-0.2, 0) is 27.5 Å². The van der Waals surface area contributed by atoms with Crippen molar-refractivity contribution < 1.29 is 32.4 Å². The third-order valence-corrected chi connectivity index (χ3v) is 4.67. The maximum atomic E-state index is 12.4. The average molecular weight is 350 g/mol. The van der Waals surface area contributed by atoms with Crippen molar-refractivity contribution in [3.63, 3.8) is 0 Å². The molecule has 2 N–H and O–H groups in total. The second kappa shape index (κ2) is 7.94. The topological polar surface area (TPSA) is 118 Å². The van der Waals surface area contributed by atoms with Gasteiger partial charge in [0.2, 0.25) is 0 Å². The van der Waals surface area contributed by atoms with Gasteiger partial charge in [0, 0.05) is 0 Å². The van der Waals surface area contributed by atoms with Crippen molar-refractivity contribution in [3.8, 4) is 0 Å². The van der Waals surface area contributed by atoms with Gasteiger partial charge in [-0.1, -0.05) is 29.1 Å². The van der Waals surface area contributed by atoms with Crippen LogP contribution >= 0.6 is 0 Å². The zero-order chi connectivity index (χ0) is 18.7. The number of carboxylic acids is 1. The van der Waals surface area contributed by atoms with Gasteiger partial charge in [-0.2, -0.15) is 8.42 Å². The summed E-state index contributed by atoms with van der Waals surface area (Å²) in [4.78, 5) is 24.1. The maximum absolute atomic E-state index is 12.4. The zero-order valence-corrected chi connectivity index (χ0v) is 15.0. The SMILES string of the molecule is BCc1c(B)c(CB)c(C(=O)OCCS(=O)(=O)O)c(C(=O)O)c1B. The molecule has 12 heteroatoms. The van der Waals surface area contributed by atoms with Crippen LogP contribution in [0.5, 0.6) is 0 Å². The van der Waals surface area contributed by atoms with E-state index in [2.05, 4.69) is 0 Å². The lowest BCUT2D eigenvalue weighted by Crippen LogP contribution is -2.36. The summed E-state index contributed by atoms with van der Waals surface area (Å²) in [5, 5.41) is 9.54. The molecule has 0 aliphatic rings. The molecule has 0 spiro atoms. The lowest BCUT2D eigenvalue weighted by molar-refractivity contribution is 0.0515. The molecular weight excluding hydrogens is 331 g/mol. The monoisotopic (exact) mass is 350 g/mol.